The molecule has 100 valence electrons. The van der Waals surface area contributed by atoms with Gasteiger partial charge < -0.3 is 10.1 Å². The van der Waals surface area contributed by atoms with Gasteiger partial charge >= 0.3 is 0 Å². The van der Waals surface area contributed by atoms with E-state index in [1.807, 2.05) is 23.9 Å². The van der Waals surface area contributed by atoms with Gasteiger partial charge in [0.15, 0.2) is 0 Å². The minimum absolute atomic E-state index is 0.411. The minimum atomic E-state index is 0.411. The Morgan fingerprint density at radius 3 is 2.83 bits per heavy atom. The Bertz CT molecular complexity index is 378. The summed E-state index contributed by atoms with van der Waals surface area (Å²) in [4.78, 5) is 4.12. The van der Waals surface area contributed by atoms with Crippen molar-refractivity contribution in [3.05, 3.63) is 18.3 Å². The second kappa shape index (κ2) is 6.32. The van der Waals surface area contributed by atoms with Crippen molar-refractivity contribution in [2.24, 2.45) is 0 Å². The molecule has 1 fully saturated rings. The van der Waals surface area contributed by atoms with Crippen molar-refractivity contribution in [1.29, 1.82) is 0 Å². The summed E-state index contributed by atoms with van der Waals surface area (Å²) in [7, 11) is 1.65. The van der Waals surface area contributed by atoms with Gasteiger partial charge in [0.2, 0.25) is 5.88 Å². The van der Waals surface area contributed by atoms with Crippen LogP contribution >= 0.6 is 11.8 Å². The maximum Gasteiger partial charge on any atom is 0.214 e. The molecule has 0 atom stereocenters. The Hall–Kier alpha value is -0.900. The Morgan fingerprint density at radius 2 is 2.17 bits per heavy atom. The summed E-state index contributed by atoms with van der Waals surface area (Å²) in [5.41, 5.74) is 1.10. The molecular weight excluding hydrogens is 244 g/mol. The van der Waals surface area contributed by atoms with Crippen LogP contribution in [-0.4, -0.2) is 29.6 Å². The van der Waals surface area contributed by atoms with Crippen LogP contribution in [-0.2, 0) is 0 Å². The number of nitrogens with zero attached hydrogens (tertiary/aromatic N) is 1. The lowest BCUT2D eigenvalue weighted by Crippen LogP contribution is -2.35. The van der Waals surface area contributed by atoms with E-state index in [2.05, 4.69) is 16.6 Å². The molecule has 18 heavy (non-hydrogen) atoms. The molecular formula is C14H22N2OS. The van der Waals surface area contributed by atoms with Crippen molar-refractivity contribution in [2.45, 2.75) is 36.9 Å². The van der Waals surface area contributed by atoms with Gasteiger partial charge in [-0.3, -0.25) is 0 Å². The molecule has 0 unspecified atom stereocenters. The van der Waals surface area contributed by atoms with Crippen LogP contribution in [0.15, 0.2) is 18.3 Å². The number of ether oxygens (including phenoxy) is 1. The molecule has 1 aromatic heterocycles. The van der Waals surface area contributed by atoms with Crippen molar-refractivity contribution < 1.29 is 4.74 Å². The van der Waals surface area contributed by atoms with E-state index < -0.39 is 0 Å². The lowest BCUT2D eigenvalue weighted by Gasteiger charge is -2.36. The standard InChI is InChI=1S/C14H22N2OS/c1-17-13-10-12(6-9-15-13)16-11-14(18-2)7-4-3-5-8-14/h6,9-10H,3-5,7-8,11H2,1-2H3,(H,15,16). The zero-order valence-corrected chi connectivity index (χ0v) is 12.1. The molecule has 0 spiro atoms. The van der Waals surface area contributed by atoms with E-state index in [0.717, 1.165) is 12.2 Å². The number of hydrogen-bond acceptors (Lipinski definition) is 4. The number of anilines is 1. The number of aromatic nitrogens is 1. The molecule has 4 heteroatoms. The SMILES string of the molecule is COc1cc(NCC2(SC)CCCCC2)ccn1. The van der Waals surface area contributed by atoms with Crippen molar-refractivity contribution in [2.75, 3.05) is 25.2 Å². The van der Waals surface area contributed by atoms with E-state index >= 15 is 0 Å². The molecule has 1 aromatic rings. The molecule has 0 amide bonds. The van der Waals surface area contributed by atoms with Crippen LogP contribution in [0.25, 0.3) is 0 Å². The van der Waals surface area contributed by atoms with Crippen LogP contribution in [0.3, 0.4) is 0 Å². The normalized spacial score (nSPS) is 18.3. The van der Waals surface area contributed by atoms with Crippen molar-refractivity contribution in [3.8, 4) is 5.88 Å². The predicted octanol–water partition coefficient (Wildman–Crippen LogP) is 3.57. The first-order valence-electron chi connectivity index (χ1n) is 6.57. The zero-order valence-electron chi connectivity index (χ0n) is 11.2. The lowest BCUT2D eigenvalue weighted by molar-refractivity contribution is 0.397. The second-order valence-electron chi connectivity index (χ2n) is 4.89. The number of nitrogens with one attached hydrogen (secondary N) is 1. The van der Waals surface area contributed by atoms with Gasteiger partial charge in [-0.25, -0.2) is 4.98 Å². The molecule has 2 rings (SSSR count). The first-order valence-corrected chi connectivity index (χ1v) is 7.79. The van der Waals surface area contributed by atoms with Crippen LogP contribution in [0.2, 0.25) is 0 Å². The fraction of sp³-hybridized carbons (Fsp3) is 0.643. The molecule has 3 nitrogen and oxygen atoms in total. The highest BCUT2D eigenvalue weighted by Crippen LogP contribution is 2.38. The zero-order chi connectivity index (χ0) is 12.8. The summed E-state index contributed by atoms with van der Waals surface area (Å²) < 4.78 is 5.55. The quantitative estimate of drug-likeness (QED) is 0.883. The van der Waals surface area contributed by atoms with Crippen molar-refractivity contribution in [3.63, 3.8) is 0 Å². The molecule has 0 aromatic carbocycles. The maximum atomic E-state index is 5.14. The molecule has 0 aliphatic heterocycles. The molecule has 1 aliphatic rings. The number of methoxy groups -OCH3 is 1. The molecule has 0 radical (unpaired) electrons. The van der Waals surface area contributed by atoms with Gasteiger partial charge in [-0.2, -0.15) is 11.8 Å². The molecule has 1 saturated carbocycles. The Balaban J connectivity index is 1.96. The Labute approximate surface area is 114 Å². The third-order valence-electron chi connectivity index (χ3n) is 3.76. The fourth-order valence-corrected chi connectivity index (χ4v) is 3.46. The van der Waals surface area contributed by atoms with Crippen LogP contribution in [0, 0.1) is 0 Å². The summed E-state index contributed by atoms with van der Waals surface area (Å²) in [5.74, 6) is 0.668. The van der Waals surface area contributed by atoms with Crippen molar-refractivity contribution >= 4 is 17.4 Å². The van der Waals surface area contributed by atoms with Gasteiger partial charge in [0.1, 0.15) is 0 Å². The summed E-state index contributed by atoms with van der Waals surface area (Å²) in [6.45, 7) is 1.03. The van der Waals surface area contributed by atoms with Crippen LogP contribution in [0.5, 0.6) is 5.88 Å². The van der Waals surface area contributed by atoms with Gasteiger partial charge in [0.05, 0.1) is 7.11 Å². The van der Waals surface area contributed by atoms with E-state index in [0.29, 0.717) is 10.6 Å². The molecule has 1 N–H and O–H groups in total. The van der Waals surface area contributed by atoms with E-state index in [1.54, 1.807) is 13.3 Å². The van der Waals surface area contributed by atoms with Crippen LogP contribution < -0.4 is 10.1 Å². The fourth-order valence-electron chi connectivity index (χ4n) is 2.54. The molecule has 0 saturated heterocycles. The van der Waals surface area contributed by atoms with Crippen LogP contribution in [0.1, 0.15) is 32.1 Å². The second-order valence-corrected chi connectivity index (χ2v) is 6.16. The smallest absolute Gasteiger partial charge is 0.214 e. The third kappa shape index (κ3) is 3.31. The van der Waals surface area contributed by atoms with Gasteiger partial charge in [0.25, 0.3) is 0 Å². The van der Waals surface area contributed by atoms with Gasteiger partial charge in [-0.1, -0.05) is 19.3 Å². The lowest BCUT2D eigenvalue weighted by atomic mass is 9.88. The first kappa shape index (κ1) is 13.5. The van der Waals surface area contributed by atoms with Crippen molar-refractivity contribution in [1.82, 2.24) is 4.98 Å². The van der Waals surface area contributed by atoms with E-state index in [9.17, 15) is 0 Å². The average Bonchev–Trinajstić information content (AvgIpc) is 2.46. The molecule has 0 bridgehead atoms. The summed E-state index contributed by atoms with van der Waals surface area (Å²) >= 11 is 2.01. The average molecular weight is 266 g/mol. The monoisotopic (exact) mass is 266 g/mol. The Kier molecular flexibility index (Phi) is 4.75. The van der Waals surface area contributed by atoms with E-state index in [-0.39, 0.29) is 0 Å². The highest BCUT2D eigenvalue weighted by atomic mass is 32.2. The number of rotatable bonds is 5. The maximum absolute atomic E-state index is 5.14. The largest absolute Gasteiger partial charge is 0.481 e. The first-order chi connectivity index (χ1) is 8.78. The summed E-state index contributed by atoms with van der Waals surface area (Å²) in [6, 6.07) is 3.95. The number of thioether (sulfide) groups is 1. The predicted molar refractivity (Wildman–Crippen MR) is 78.6 cm³/mol. The minimum Gasteiger partial charge on any atom is -0.481 e. The Morgan fingerprint density at radius 1 is 1.39 bits per heavy atom. The number of hydrogen-bond donors (Lipinski definition) is 1. The summed E-state index contributed by atoms with van der Waals surface area (Å²) in [5, 5.41) is 3.54. The number of pyridine rings is 1. The third-order valence-corrected chi connectivity index (χ3v) is 5.18. The molecule has 1 aliphatic carbocycles. The summed E-state index contributed by atoms with van der Waals surface area (Å²) in [6.07, 6.45) is 10.8. The topological polar surface area (TPSA) is 34.1 Å². The molecule has 1 heterocycles. The van der Waals surface area contributed by atoms with Gasteiger partial charge in [-0.05, 0) is 25.2 Å². The van der Waals surface area contributed by atoms with E-state index in [4.69, 9.17) is 4.74 Å². The highest BCUT2D eigenvalue weighted by Gasteiger charge is 2.30. The van der Waals surface area contributed by atoms with Gasteiger partial charge in [0, 0.05) is 29.2 Å². The van der Waals surface area contributed by atoms with Gasteiger partial charge in [-0.15, -0.1) is 0 Å². The highest BCUT2D eigenvalue weighted by molar-refractivity contribution is 8.00. The van der Waals surface area contributed by atoms with Crippen LogP contribution in [0.4, 0.5) is 5.69 Å². The van der Waals surface area contributed by atoms with E-state index in [1.165, 1.54) is 32.1 Å².